The van der Waals surface area contributed by atoms with Gasteiger partial charge in [-0.25, -0.2) is 9.97 Å². The highest BCUT2D eigenvalue weighted by atomic mass is 79.9. The monoisotopic (exact) mass is 1810 g/mol. The zero-order chi connectivity index (χ0) is 85.1. The minimum absolute atomic E-state index is 0.0666. The van der Waals surface area contributed by atoms with Crippen LogP contribution in [0.2, 0.25) is 5.28 Å². The fourth-order valence-corrected chi connectivity index (χ4v) is 18.8. The topological polar surface area (TPSA) is 314 Å². The van der Waals surface area contributed by atoms with Crippen molar-refractivity contribution >= 4 is 130 Å². The Labute approximate surface area is 712 Å². The molecule has 0 spiro atoms. The Bertz CT molecular complexity index is 4990. The van der Waals surface area contributed by atoms with Crippen LogP contribution in [0.15, 0.2) is 124 Å². The number of halogens is 3. The second-order valence-corrected chi connectivity index (χ2v) is 40.1. The van der Waals surface area contributed by atoms with Crippen LogP contribution in [0.1, 0.15) is 76.0 Å². The van der Waals surface area contributed by atoms with Crippen LogP contribution >= 0.6 is 57.7 Å². The summed E-state index contributed by atoms with van der Waals surface area (Å²) >= 11 is 12.9. The molecule has 5 aromatic carbocycles. The zero-order valence-corrected chi connectivity index (χ0v) is 76.9. The van der Waals surface area contributed by atoms with Crippen LogP contribution in [0.25, 0.3) is 22.3 Å². The maximum atomic E-state index is 13.7. The Hall–Kier alpha value is -7.90. The molecule has 34 heteroatoms. The first kappa shape index (κ1) is 93.0. The number of unbranched alkanes of at least 4 members (excludes halogenated alkanes) is 1. The van der Waals surface area contributed by atoms with E-state index in [1.165, 1.54) is 86.5 Å². The lowest BCUT2D eigenvalue weighted by molar-refractivity contribution is 0.0982. The smallest absolute Gasteiger partial charge is 0.294 e. The van der Waals surface area contributed by atoms with Crippen LogP contribution < -0.4 is 61.0 Å². The first-order valence-corrected chi connectivity index (χ1v) is 48.0. The van der Waals surface area contributed by atoms with E-state index in [4.69, 9.17) is 50.9 Å². The molecule has 0 radical (unpaired) electrons. The number of ether oxygens (including phenoxy) is 4. The van der Waals surface area contributed by atoms with Gasteiger partial charge in [-0.2, -0.15) is 28.6 Å². The molecule has 0 atom stereocenters. The number of methoxy groups -OCH3 is 4. The van der Waals surface area contributed by atoms with Crippen molar-refractivity contribution in [3.63, 3.8) is 0 Å². The molecule has 8 heterocycles. The van der Waals surface area contributed by atoms with Crippen LogP contribution in [0.5, 0.6) is 23.0 Å². The number of benzene rings is 5. The van der Waals surface area contributed by atoms with Gasteiger partial charge in [0.2, 0.25) is 11.2 Å². The van der Waals surface area contributed by atoms with E-state index in [2.05, 4.69) is 161 Å². The number of aromatic nitrogens is 8. The Morgan fingerprint density at radius 2 is 1.00 bits per heavy atom. The molecule has 4 saturated heterocycles. The number of aryl methyl sites for hydroxylation is 5. The maximum absolute atomic E-state index is 13.7. The second-order valence-electron chi connectivity index (χ2n) is 30.3. The van der Waals surface area contributed by atoms with Gasteiger partial charge in [0.25, 0.3) is 10.1 Å². The number of nitrogens with two attached hydrogens (primary N) is 1. The van der Waals surface area contributed by atoms with Gasteiger partial charge < -0.3 is 74.5 Å². The summed E-state index contributed by atoms with van der Waals surface area (Å²) in [5.74, 6) is 3.99. The summed E-state index contributed by atoms with van der Waals surface area (Å²) in [7, 11) is 5.12. The van der Waals surface area contributed by atoms with Crippen LogP contribution in [0, 0.1) is 6.92 Å². The number of piperidine rings is 2. The summed E-state index contributed by atoms with van der Waals surface area (Å²) in [5.41, 5.74) is 18.3. The summed E-state index contributed by atoms with van der Waals surface area (Å²) in [6.45, 7) is 29.3. The number of likely N-dealkylation sites (N-methyl/N-ethyl adjacent to an activating group) is 2. The van der Waals surface area contributed by atoms with E-state index in [1.54, 1.807) is 101 Å². The predicted molar refractivity (Wildman–Crippen MR) is 484 cm³/mol. The standard InChI is InChI=1S/C36H49BrN9O3P.C19H32N4O.C17H18BrClN5O2P.C7H8O3S.C4H10O/c1-8-24-19-30(32(48-4)20-31(24)46-13-11-26(12-14-46)45-17-15-43(2)16-18-45)41-36-38-22-28(37)35(42-36)40-29-10-9-27(25-21-39-44(3)23-25)33(49-5)34(29)50(6,7)47;1-4-15-13-17(20)19(24-3)14-18(15)23-7-5-16(6-8-23)22-11-9-21(2)10-12-22;1-24-9-10(7-21-24)11-5-6-13(15(14(11)26-2)27(3,4)25)22-16-12(18)8-20-17(19)23-16;1-6-2-4-7(5-3-6)11(8,9)10;1-2-3-4-5/h9-10,19-23,26H,8,11-18H2,1-7H3,(H2,38,40,41,42);13-14,16H,4-12,20H2,1-3H3;5-9H,1-4H3,(H,20,22,23);2-5H,1H3,(H,8,9,10);5H,2-4H2,1H3. The lowest BCUT2D eigenvalue weighted by Gasteiger charge is -2.43. The number of piperazine rings is 2. The molecule has 636 valence electrons. The largest absolute Gasteiger partial charge is 0.495 e. The normalized spacial score (nSPS) is 15.5. The van der Waals surface area contributed by atoms with Crippen molar-refractivity contribution in [3.8, 4) is 45.3 Å². The van der Waals surface area contributed by atoms with Gasteiger partial charge in [0, 0.05) is 182 Å². The lowest BCUT2D eigenvalue weighted by atomic mass is 9.99. The van der Waals surface area contributed by atoms with Crippen molar-refractivity contribution in [2.45, 2.75) is 96.0 Å². The van der Waals surface area contributed by atoms with Gasteiger partial charge in [0.15, 0.2) is 0 Å². The van der Waals surface area contributed by atoms with Gasteiger partial charge in [0.05, 0.1) is 88.0 Å². The van der Waals surface area contributed by atoms with Crippen LogP contribution in [-0.4, -0.2) is 244 Å². The molecule has 4 aromatic heterocycles. The quantitative estimate of drug-likeness (QED) is 0.0150. The number of anilines is 9. The van der Waals surface area contributed by atoms with Crippen molar-refractivity contribution in [1.82, 2.24) is 59.1 Å². The Morgan fingerprint density at radius 1 is 0.564 bits per heavy atom. The summed E-state index contributed by atoms with van der Waals surface area (Å²) in [6, 6.07) is 23.5. The fourth-order valence-electron chi connectivity index (χ4n) is 14.8. The first-order valence-electron chi connectivity index (χ1n) is 39.4. The average molecular weight is 1820 g/mol. The predicted octanol–water partition coefficient (Wildman–Crippen LogP) is 14.5. The molecule has 0 unspecified atom stereocenters. The van der Waals surface area contributed by atoms with E-state index in [-0.39, 0.29) is 10.2 Å². The summed E-state index contributed by atoms with van der Waals surface area (Å²) in [5, 5.41) is 27.9. The highest BCUT2D eigenvalue weighted by molar-refractivity contribution is 9.11. The average Bonchev–Trinajstić information content (AvgIpc) is 1.73. The Morgan fingerprint density at radius 3 is 1.38 bits per heavy atom. The minimum Gasteiger partial charge on any atom is -0.495 e. The molecule has 4 fully saturated rings. The second kappa shape index (κ2) is 42.9. The third kappa shape index (κ3) is 25.1. The SMILES string of the molecule is CCCCO.CCc1cc(N)c(OC)cc1N1CCC(N2CCN(C)CC2)CC1.CCc1cc(Nc2ncc(Br)c(Nc3ccc(-c4cnn(C)c4)c(OC)c3P(C)(C)=O)n2)c(OC)cc1N1CCC(N2CCN(C)CC2)CC1.COc1c(-c2cnn(C)c2)ccc(Nc2nc(Cl)ncc2Br)c1P(C)(C)=O.Cc1ccc(S(=O)(=O)O)cc1. The molecule has 0 aliphatic carbocycles. The van der Waals surface area contributed by atoms with E-state index in [0.29, 0.717) is 72.7 Å². The highest BCUT2D eigenvalue weighted by Crippen LogP contribution is 2.49. The van der Waals surface area contributed by atoms with Crippen LogP contribution in [0.4, 0.5) is 51.7 Å². The fraction of sp³-hybridized carbons (Fsp3) is 0.470. The number of aliphatic hydroxyl groups excluding tert-OH is 1. The van der Waals surface area contributed by atoms with Crippen molar-refractivity contribution < 1.29 is 46.2 Å². The number of aliphatic hydroxyl groups is 1. The number of nitrogens with zero attached hydrogens (tertiary/aromatic N) is 14. The van der Waals surface area contributed by atoms with Gasteiger partial charge in [0.1, 0.15) is 48.9 Å². The molecule has 117 heavy (non-hydrogen) atoms. The molecule has 0 amide bonds. The van der Waals surface area contributed by atoms with E-state index in [9.17, 15) is 17.5 Å². The number of nitrogen functional groups attached to an aromatic ring is 1. The van der Waals surface area contributed by atoms with Crippen molar-refractivity contribution in [2.75, 3.05) is 186 Å². The van der Waals surface area contributed by atoms with Gasteiger partial charge in [-0.05, 0) is 196 Å². The van der Waals surface area contributed by atoms with Crippen molar-refractivity contribution in [2.24, 2.45) is 14.1 Å². The Balaban J connectivity index is 0.000000195. The molecule has 0 bridgehead atoms. The van der Waals surface area contributed by atoms with E-state index in [1.807, 2.05) is 57.7 Å². The van der Waals surface area contributed by atoms with Gasteiger partial charge in [-0.15, -0.1) is 0 Å². The van der Waals surface area contributed by atoms with Gasteiger partial charge >= 0.3 is 0 Å². The molecule has 13 rings (SSSR count). The molecular weight excluding hydrogens is 1700 g/mol. The number of rotatable bonds is 23. The van der Waals surface area contributed by atoms with Gasteiger partial charge in [-0.3, -0.25) is 23.7 Å². The van der Waals surface area contributed by atoms with Crippen LogP contribution in [0.3, 0.4) is 0 Å². The zero-order valence-electron chi connectivity index (χ0n) is 70.3. The molecule has 4 aliphatic heterocycles. The number of nitrogens with one attached hydrogen (secondary N) is 3. The summed E-state index contributed by atoms with van der Waals surface area (Å²) in [6.07, 6.45) is 19.3. The number of hydrogen-bond donors (Lipinski definition) is 6. The van der Waals surface area contributed by atoms with Gasteiger partial charge in [-0.1, -0.05) is 44.9 Å². The van der Waals surface area contributed by atoms with E-state index < -0.39 is 24.4 Å². The molecule has 28 nitrogen and oxygen atoms in total. The summed E-state index contributed by atoms with van der Waals surface area (Å²) < 4.78 is 84.1. The van der Waals surface area contributed by atoms with E-state index >= 15 is 0 Å². The highest BCUT2D eigenvalue weighted by Gasteiger charge is 2.33. The molecular formula is C83H117Br2ClN18O10P2S. The minimum atomic E-state index is -4.02. The van der Waals surface area contributed by atoms with E-state index in [0.717, 1.165) is 135 Å². The first-order chi connectivity index (χ1) is 55.7. The van der Waals surface area contributed by atoms with Crippen molar-refractivity contribution in [3.05, 3.63) is 141 Å². The summed E-state index contributed by atoms with van der Waals surface area (Å²) in [4.78, 5) is 32.7. The Kier molecular flexibility index (Phi) is 34.1. The maximum Gasteiger partial charge on any atom is 0.294 e. The molecule has 9 aromatic rings. The number of hydrogen-bond acceptors (Lipinski definition) is 25. The van der Waals surface area contributed by atoms with Crippen molar-refractivity contribution in [1.29, 1.82) is 0 Å². The molecule has 0 saturated carbocycles. The van der Waals surface area contributed by atoms with Crippen LogP contribution in [-0.2, 0) is 46.2 Å². The lowest BCUT2D eigenvalue weighted by Crippen LogP contribution is -2.52. The third-order valence-electron chi connectivity index (χ3n) is 21.1. The molecule has 4 aliphatic rings. The third-order valence-corrected chi connectivity index (χ3v) is 26.4. The molecule has 7 N–H and O–H groups in total.